The molecular weight excluding hydrogens is 198 g/mol. The number of hydrogen-bond acceptors (Lipinski definition) is 3. The highest BCUT2D eigenvalue weighted by molar-refractivity contribution is 5.83. The summed E-state index contributed by atoms with van der Waals surface area (Å²) in [6, 6.07) is 0. The molecule has 1 aliphatic heterocycles. The van der Waals surface area contributed by atoms with Crippen molar-refractivity contribution in [3.8, 4) is 0 Å². The second-order valence-corrected chi connectivity index (χ2v) is 3.51. The maximum atomic E-state index is 11.1. The van der Waals surface area contributed by atoms with Crippen LogP contribution in [0.25, 0.3) is 0 Å². The Morgan fingerprint density at radius 1 is 1.53 bits per heavy atom. The van der Waals surface area contributed by atoms with Crippen LogP contribution in [0.4, 0.5) is 0 Å². The van der Waals surface area contributed by atoms with Crippen LogP contribution < -0.4 is 0 Å². The number of aromatic nitrogens is 2. The van der Waals surface area contributed by atoms with Crippen LogP contribution in [0.3, 0.4) is 0 Å². The minimum absolute atomic E-state index is 0.00729. The fraction of sp³-hybridized carbons (Fsp3) is 0.444. The van der Waals surface area contributed by atoms with Crippen molar-refractivity contribution in [3.63, 3.8) is 0 Å². The molecule has 1 amide bonds. The molecule has 2 heterocycles. The smallest absolute Gasteiger partial charge is 0.371 e. The van der Waals surface area contributed by atoms with E-state index in [9.17, 15) is 9.59 Å². The summed E-state index contributed by atoms with van der Waals surface area (Å²) in [7, 11) is 0. The van der Waals surface area contributed by atoms with Gasteiger partial charge in [-0.1, -0.05) is 0 Å². The SMILES string of the molecule is CC(=O)N1CCc2nc(C(=O)O)[nH]c2C1. The maximum Gasteiger partial charge on any atom is 0.371 e. The quantitative estimate of drug-likeness (QED) is 0.682. The summed E-state index contributed by atoms with van der Waals surface area (Å²) < 4.78 is 0. The van der Waals surface area contributed by atoms with Crippen molar-refractivity contribution in [1.82, 2.24) is 14.9 Å². The second kappa shape index (κ2) is 3.38. The maximum absolute atomic E-state index is 11.1. The number of nitrogens with one attached hydrogen (secondary N) is 1. The molecule has 0 saturated heterocycles. The first kappa shape index (κ1) is 9.70. The largest absolute Gasteiger partial charge is 0.475 e. The molecule has 0 aromatic carbocycles. The topological polar surface area (TPSA) is 86.3 Å². The monoisotopic (exact) mass is 209 g/mol. The Labute approximate surface area is 85.9 Å². The summed E-state index contributed by atoms with van der Waals surface area (Å²) >= 11 is 0. The molecular formula is C9H11N3O3. The lowest BCUT2D eigenvalue weighted by atomic mass is 10.1. The van der Waals surface area contributed by atoms with Gasteiger partial charge in [0.05, 0.1) is 17.9 Å². The van der Waals surface area contributed by atoms with Crippen LogP contribution in [0.5, 0.6) is 0 Å². The molecule has 15 heavy (non-hydrogen) atoms. The van der Waals surface area contributed by atoms with Crippen LogP contribution in [0.2, 0.25) is 0 Å². The molecule has 6 nitrogen and oxygen atoms in total. The number of aromatic amines is 1. The van der Waals surface area contributed by atoms with Gasteiger partial charge in [0.2, 0.25) is 11.7 Å². The van der Waals surface area contributed by atoms with E-state index in [1.165, 1.54) is 6.92 Å². The predicted molar refractivity (Wildman–Crippen MR) is 50.3 cm³/mol. The van der Waals surface area contributed by atoms with Crippen LogP contribution in [0.1, 0.15) is 28.9 Å². The first-order valence-corrected chi connectivity index (χ1v) is 4.64. The number of carbonyl (C=O) groups excluding carboxylic acids is 1. The molecule has 0 saturated carbocycles. The lowest BCUT2D eigenvalue weighted by Gasteiger charge is -2.24. The van der Waals surface area contributed by atoms with Gasteiger partial charge in [0, 0.05) is 19.9 Å². The number of rotatable bonds is 1. The molecule has 0 fully saturated rings. The van der Waals surface area contributed by atoms with Gasteiger partial charge in [-0.2, -0.15) is 0 Å². The van der Waals surface area contributed by atoms with E-state index in [0.717, 1.165) is 11.4 Å². The van der Waals surface area contributed by atoms with Crippen molar-refractivity contribution in [2.75, 3.05) is 6.54 Å². The van der Waals surface area contributed by atoms with Gasteiger partial charge in [0.25, 0.3) is 0 Å². The minimum atomic E-state index is -1.07. The molecule has 1 aromatic rings. The molecule has 0 aliphatic carbocycles. The molecule has 0 atom stereocenters. The van der Waals surface area contributed by atoms with Crippen molar-refractivity contribution in [2.45, 2.75) is 19.9 Å². The van der Waals surface area contributed by atoms with E-state index in [2.05, 4.69) is 9.97 Å². The van der Waals surface area contributed by atoms with Gasteiger partial charge in [-0.05, 0) is 0 Å². The lowest BCUT2D eigenvalue weighted by Crippen LogP contribution is -2.34. The average Bonchev–Trinajstić information content (AvgIpc) is 2.59. The second-order valence-electron chi connectivity index (χ2n) is 3.51. The van der Waals surface area contributed by atoms with Gasteiger partial charge < -0.3 is 15.0 Å². The highest BCUT2D eigenvalue weighted by atomic mass is 16.4. The molecule has 2 rings (SSSR count). The summed E-state index contributed by atoms with van der Waals surface area (Å²) in [5, 5.41) is 8.73. The number of amides is 1. The Morgan fingerprint density at radius 3 is 2.87 bits per heavy atom. The van der Waals surface area contributed by atoms with Crippen LogP contribution in [0, 0.1) is 0 Å². The number of H-pyrrole nitrogens is 1. The van der Waals surface area contributed by atoms with E-state index in [0.29, 0.717) is 19.5 Å². The lowest BCUT2D eigenvalue weighted by molar-refractivity contribution is -0.129. The van der Waals surface area contributed by atoms with Crippen molar-refractivity contribution < 1.29 is 14.7 Å². The van der Waals surface area contributed by atoms with Gasteiger partial charge in [0.15, 0.2) is 0 Å². The Bertz CT molecular complexity index is 424. The fourth-order valence-corrected chi connectivity index (χ4v) is 1.66. The highest BCUT2D eigenvalue weighted by Crippen LogP contribution is 2.16. The number of imidazole rings is 1. The van der Waals surface area contributed by atoms with Crippen molar-refractivity contribution >= 4 is 11.9 Å². The van der Waals surface area contributed by atoms with E-state index >= 15 is 0 Å². The minimum Gasteiger partial charge on any atom is -0.475 e. The standard InChI is InChI=1S/C9H11N3O3/c1-5(13)12-3-2-6-7(4-12)11-8(10-6)9(14)15/h2-4H2,1H3,(H,10,11)(H,14,15). The number of carboxylic acid groups (broad SMARTS) is 1. The third kappa shape index (κ3) is 1.70. The van der Waals surface area contributed by atoms with Crippen molar-refractivity contribution in [3.05, 3.63) is 17.2 Å². The summed E-state index contributed by atoms with van der Waals surface area (Å²) in [6.45, 7) is 2.52. The molecule has 6 heteroatoms. The predicted octanol–water partition coefficient (Wildman–Crippen LogP) is 0.0125. The Hall–Kier alpha value is -1.85. The third-order valence-electron chi connectivity index (χ3n) is 2.48. The number of fused-ring (bicyclic) bond motifs is 1. The molecule has 0 radical (unpaired) electrons. The molecule has 1 aromatic heterocycles. The van der Waals surface area contributed by atoms with Crippen LogP contribution in [0.15, 0.2) is 0 Å². The van der Waals surface area contributed by atoms with Gasteiger partial charge in [-0.15, -0.1) is 0 Å². The van der Waals surface area contributed by atoms with Gasteiger partial charge >= 0.3 is 5.97 Å². The summed E-state index contributed by atoms with van der Waals surface area (Å²) in [4.78, 5) is 30.1. The first-order valence-electron chi connectivity index (χ1n) is 4.64. The number of nitrogens with zero attached hydrogens (tertiary/aromatic N) is 2. The number of carbonyl (C=O) groups is 2. The van der Waals surface area contributed by atoms with Crippen LogP contribution in [-0.4, -0.2) is 38.4 Å². The van der Waals surface area contributed by atoms with E-state index in [1.807, 2.05) is 0 Å². The van der Waals surface area contributed by atoms with Crippen molar-refractivity contribution in [1.29, 1.82) is 0 Å². The summed E-state index contributed by atoms with van der Waals surface area (Å²) in [6.07, 6.45) is 0.610. The number of aromatic carboxylic acids is 1. The average molecular weight is 209 g/mol. The van der Waals surface area contributed by atoms with Gasteiger partial charge in [0.1, 0.15) is 0 Å². The van der Waals surface area contributed by atoms with Crippen LogP contribution in [-0.2, 0) is 17.8 Å². The molecule has 1 aliphatic rings. The number of hydrogen-bond donors (Lipinski definition) is 2. The highest BCUT2D eigenvalue weighted by Gasteiger charge is 2.23. The van der Waals surface area contributed by atoms with E-state index in [4.69, 9.17) is 5.11 Å². The van der Waals surface area contributed by atoms with E-state index in [-0.39, 0.29) is 11.7 Å². The molecule has 80 valence electrons. The Kier molecular flexibility index (Phi) is 2.18. The van der Waals surface area contributed by atoms with Crippen LogP contribution >= 0.6 is 0 Å². The van der Waals surface area contributed by atoms with Gasteiger partial charge in [-0.25, -0.2) is 9.78 Å². The van der Waals surface area contributed by atoms with Gasteiger partial charge in [-0.3, -0.25) is 4.79 Å². The molecule has 0 unspecified atom stereocenters. The Morgan fingerprint density at radius 2 is 2.27 bits per heavy atom. The summed E-state index contributed by atoms with van der Waals surface area (Å²) in [5.74, 6) is -1.13. The number of carboxylic acids is 1. The Balaban J connectivity index is 2.26. The zero-order valence-electron chi connectivity index (χ0n) is 8.28. The third-order valence-corrected chi connectivity index (χ3v) is 2.48. The first-order chi connectivity index (χ1) is 7.08. The normalized spacial score (nSPS) is 14.9. The van der Waals surface area contributed by atoms with E-state index < -0.39 is 5.97 Å². The summed E-state index contributed by atoms with van der Waals surface area (Å²) in [5.41, 5.74) is 1.48. The zero-order chi connectivity index (χ0) is 11.0. The molecule has 2 N–H and O–H groups in total. The fourth-order valence-electron chi connectivity index (χ4n) is 1.66. The molecule has 0 bridgehead atoms. The van der Waals surface area contributed by atoms with Crippen molar-refractivity contribution in [2.24, 2.45) is 0 Å². The van der Waals surface area contributed by atoms with E-state index in [1.54, 1.807) is 4.90 Å². The zero-order valence-corrected chi connectivity index (χ0v) is 8.28. The molecule has 0 spiro atoms.